The summed E-state index contributed by atoms with van der Waals surface area (Å²) in [6, 6.07) is 5.69. The molecule has 2 atom stereocenters. The fourth-order valence-corrected chi connectivity index (χ4v) is 5.01. The lowest BCUT2D eigenvalue weighted by Crippen LogP contribution is -2.42. The molecule has 2 saturated heterocycles. The quantitative estimate of drug-likeness (QED) is 0.780. The third-order valence-electron chi connectivity index (χ3n) is 7.83. The number of fused-ring (bicyclic) bond motifs is 2. The molecule has 1 aromatic carbocycles. The number of amides is 2. The Balaban J connectivity index is 1.28. The van der Waals surface area contributed by atoms with Crippen LogP contribution in [0, 0.1) is 5.92 Å². The van der Waals surface area contributed by atoms with Gasteiger partial charge in [0.15, 0.2) is 0 Å². The van der Waals surface area contributed by atoms with Crippen LogP contribution >= 0.6 is 0 Å². The number of carbonyl (C=O) groups excluding carboxylic acids is 2. The molecule has 4 aliphatic rings. The average Bonchev–Trinajstić information content (AvgIpc) is 3.35. The van der Waals surface area contributed by atoms with Gasteiger partial charge in [0.25, 0.3) is 5.91 Å². The van der Waals surface area contributed by atoms with Gasteiger partial charge in [-0.15, -0.1) is 0 Å². The second-order valence-corrected chi connectivity index (χ2v) is 10.1. The van der Waals surface area contributed by atoms with Crippen LogP contribution in [0.1, 0.15) is 62.9 Å². The first-order valence-corrected chi connectivity index (χ1v) is 10.7. The number of aryl methyl sites for hydroxylation is 1. The summed E-state index contributed by atoms with van der Waals surface area (Å²) in [7, 11) is -0.186. The van der Waals surface area contributed by atoms with Crippen molar-refractivity contribution < 1.29 is 18.9 Å². The molecule has 29 heavy (non-hydrogen) atoms. The SMILES string of the molecule is CC1(C)OB(C23CCN(C(=O)c4ccc5c(c4)NC(=O)CC5)CC2C3)OC1(C)C. The van der Waals surface area contributed by atoms with E-state index in [4.69, 9.17) is 9.31 Å². The number of hydrogen-bond donors (Lipinski definition) is 1. The standard InChI is InChI=1S/C22H29BN2O4/c1-20(2)21(3,4)29-23(28-20)22-9-10-25(13-16(22)12-22)19(27)15-6-5-14-7-8-18(26)24-17(14)11-15/h5-6,11,16H,7-10,12-13H2,1-4H3,(H,24,26). The van der Waals surface area contributed by atoms with E-state index < -0.39 is 0 Å². The highest BCUT2D eigenvalue weighted by Crippen LogP contribution is 2.69. The van der Waals surface area contributed by atoms with Crippen LogP contribution in [0.2, 0.25) is 5.31 Å². The number of rotatable bonds is 2. The smallest absolute Gasteiger partial charge is 0.403 e. The molecular formula is C22H29BN2O4. The minimum atomic E-state index is -0.319. The summed E-state index contributed by atoms with van der Waals surface area (Å²) in [4.78, 5) is 26.7. The maximum absolute atomic E-state index is 13.1. The van der Waals surface area contributed by atoms with E-state index in [1.54, 1.807) is 0 Å². The van der Waals surface area contributed by atoms with E-state index in [1.165, 1.54) is 0 Å². The molecule has 2 unspecified atom stereocenters. The summed E-state index contributed by atoms with van der Waals surface area (Å²) in [6.45, 7) is 9.82. The molecule has 0 bridgehead atoms. The van der Waals surface area contributed by atoms with Crippen LogP contribution in [0.15, 0.2) is 18.2 Å². The van der Waals surface area contributed by atoms with Gasteiger partial charge >= 0.3 is 7.12 Å². The monoisotopic (exact) mass is 396 g/mol. The van der Waals surface area contributed by atoms with Gasteiger partial charge in [0.2, 0.25) is 5.91 Å². The number of anilines is 1. The first kappa shape index (κ1) is 19.1. The van der Waals surface area contributed by atoms with Crippen molar-refractivity contribution in [2.24, 2.45) is 5.92 Å². The molecule has 1 aliphatic carbocycles. The molecule has 0 aromatic heterocycles. The van der Waals surface area contributed by atoms with Gasteiger partial charge in [-0.25, -0.2) is 0 Å². The molecule has 6 nitrogen and oxygen atoms in total. The largest absolute Gasteiger partial charge is 0.464 e. The highest BCUT2D eigenvalue weighted by molar-refractivity contribution is 6.51. The van der Waals surface area contributed by atoms with Crippen LogP contribution in [0.3, 0.4) is 0 Å². The number of piperidine rings is 1. The van der Waals surface area contributed by atoms with E-state index in [9.17, 15) is 9.59 Å². The molecule has 5 rings (SSSR count). The average molecular weight is 396 g/mol. The molecule has 1 aromatic rings. The Labute approximate surface area is 172 Å². The van der Waals surface area contributed by atoms with E-state index in [-0.39, 0.29) is 35.4 Å². The van der Waals surface area contributed by atoms with Gasteiger partial charge in [0.05, 0.1) is 11.2 Å². The highest BCUT2D eigenvalue weighted by atomic mass is 16.7. The Hall–Kier alpha value is -1.86. The lowest BCUT2D eigenvalue weighted by atomic mass is 9.63. The van der Waals surface area contributed by atoms with Gasteiger partial charge in [0, 0.05) is 36.1 Å². The summed E-state index contributed by atoms with van der Waals surface area (Å²) in [5.74, 6) is 0.486. The van der Waals surface area contributed by atoms with Crippen LogP contribution in [0.25, 0.3) is 0 Å². The molecule has 1 saturated carbocycles. The Morgan fingerprint density at radius 2 is 1.90 bits per heavy atom. The lowest BCUT2D eigenvalue weighted by Gasteiger charge is -2.33. The topological polar surface area (TPSA) is 67.9 Å². The fraction of sp³-hybridized carbons (Fsp3) is 0.636. The van der Waals surface area contributed by atoms with Crippen molar-refractivity contribution in [1.29, 1.82) is 0 Å². The third kappa shape index (κ3) is 2.93. The maximum atomic E-state index is 13.1. The van der Waals surface area contributed by atoms with Crippen molar-refractivity contribution in [2.45, 2.75) is 69.9 Å². The predicted octanol–water partition coefficient (Wildman–Crippen LogP) is 3.27. The van der Waals surface area contributed by atoms with Crippen LogP contribution in [-0.4, -0.2) is 48.1 Å². The van der Waals surface area contributed by atoms with Crippen molar-refractivity contribution in [2.75, 3.05) is 18.4 Å². The Morgan fingerprint density at radius 1 is 1.17 bits per heavy atom. The molecule has 3 aliphatic heterocycles. The first-order valence-electron chi connectivity index (χ1n) is 10.7. The van der Waals surface area contributed by atoms with Gasteiger partial charge in [-0.1, -0.05) is 6.07 Å². The number of nitrogens with zero attached hydrogens (tertiary/aromatic N) is 1. The molecular weight excluding hydrogens is 367 g/mol. The number of hydrogen-bond acceptors (Lipinski definition) is 4. The van der Waals surface area contributed by atoms with Gasteiger partial charge < -0.3 is 19.5 Å². The molecule has 0 radical (unpaired) electrons. The summed E-state index contributed by atoms with van der Waals surface area (Å²) >= 11 is 0. The zero-order valence-electron chi connectivity index (χ0n) is 17.7. The van der Waals surface area contributed by atoms with Crippen LogP contribution in [0.4, 0.5) is 5.69 Å². The lowest BCUT2D eigenvalue weighted by molar-refractivity contribution is -0.116. The molecule has 3 heterocycles. The molecule has 1 N–H and O–H groups in total. The number of nitrogens with one attached hydrogen (secondary N) is 1. The molecule has 2 amide bonds. The fourth-order valence-electron chi connectivity index (χ4n) is 5.01. The Kier molecular flexibility index (Phi) is 4.01. The highest BCUT2D eigenvalue weighted by Gasteiger charge is 2.70. The summed E-state index contributed by atoms with van der Waals surface area (Å²) in [6.07, 6.45) is 3.20. The zero-order chi connectivity index (χ0) is 20.6. The van der Waals surface area contributed by atoms with E-state index in [2.05, 4.69) is 33.0 Å². The van der Waals surface area contributed by atoms with Crippen LogP contribution in [-0.2, 0) is 20.5 Å². The Bertz CT molecular complexity index is 883. The maximum Gasteiger partial charge on any atom is 0.464 e. The van der Waals surface area contributed by atoms with E-state index in [0.29, 0.717) is 24.4 Å². The number of carbonyl (C=O) groups is 2. The van der Waals surface area contributed by atoms with Crippen molar-refractivity contribution in [3.63, 3.8) is 0 Å². The van der Waals surface area contributed by atoms with E-state index in [0.717, 1.165) is 37.1 Å². The molecule has 3 fully saturated rings. The van der Waals surface area contributed by atoms with Crippen molar-refractivity contribution in [1.82, 2.24) is 4.90 Å². The number of benzene rings is 1. The van der Waals surface area contributed by atoms with E-state index in [1.807, 2.05) is 23.1 Å². The minimum Gasteiger partial charge on any atom is -0.403 e. The van der Waals surface area contributed by atoms with Crippen molar-refractivity contribution >= 4 is 24.6 Å². The molecule has 7 heteroatoms. The zero-order valence-corrected chi connectivity index (χ0v) is 17.7. The van der Waals surface area contributed by atoms with E-state index >= 15 is 0 Å². The predicted molar refractivity (Wildman–Crippen MR) is 111 cm³/mol. The van der Waals surface area contributed by atoms with Crippen LogP contribution in [0.5, 0.6) is 0 Å². The minimum absolute atomic E-state index is 0.0187. The second kappa shape index (κ2) is 6.08. The van der Waals surface area contributed by atoms with Gasteiger partial charge in [0.1, 0.15) is 0 Å². The second-order valence-electron chi connectivity index (χ2n) is 10.1. The summed E-state index contributed by atoms with van der Waals surface area (Å²) in [5.41, 5.74) is 1.89. The van der Waals surface area contributed by atoms with Gasteiger partial charge in [-0.2, -0.15) is 0 Å². The summed E-state index contributed by atoms with van der Waals surface area (Å²) < 4.78 is 12.7. The molecule has 0 spiro atoms. The summed E-state index contributed by atoms with van der Waals surface area (Å²) in [5, 5.41) is 2.94. The van der Waals surface area contributed by atoms with Gasteiger partial charge in [-0.3, -0.25) is 9.59 Å². The first-order chi connectivity index (χ1) is 13.6. The normalized spacial score (nSPS) is 31.7. The number of likely N-dealkylation sites (tertiary alicyclic amines) is 1. The van der Waals surface area contributed by atoms with Crippen molar-refractivity contribution in [3.05, 3.63) is 29.3 Å². The Morgan fingerprint density at radius 3 is 2.59 bits per heavy atom. The van der Waals surface area contributed by atoms with Gasteiger partial charge in [-0.05, 0) is 70.6 Å². The van der Waals surface area contributed by atoms with Crippen LogP contribution < -0.4 is 5.32 Å². The molecule has 154 valence electrons. The van der Waals surface area contributed by atoms with Crippen molar-refractivity contribution in [3.8, 4) is 0 Å². The third-order valence-corrected chi connectivity index (χ3v) is 7.83.